The van der Waals surface area contributed by atoms with Crippen LogP contribution in [-0.2, 0) is 0 Å². The smallest absolute Gasteiger partial charge is 0.123 e. The number of methoxy groups -OCH3 is 2. The third-order valence-corrected chi connectivity index (χ3v) is 2.41. The molecular weight excluding hydrogens is 202 g/mol. The molecule has 3 heteroatoms. The molecule has 0 aromatic heterocycles. The SMILES string of the molecule is CNC(C)/C=C/c1cc(OC)cc(OC)c1. The van der Waals surface area contributed by atoms with Gasteiger partial charge in [0.1, 0.15) is 11.5 Å². The lowest BCUT2D eigenvalue weighted by Crippen LogP contribution is -2.17. The summed E-state index contributed by atoms with van der Waals surface area (Å²) in [5, 5.41) is 3.14. The van der Waals surface area contributed by atoms with Crippen LogP contribution in [0.1, 0.15) is 12.5 Å². The van der Waals surface area contributed by atoms with Crippen molar-refractivity contribution in [3.05, 3.63) is 29.8 Å². The van der Waals surface area contributed by atoms with Crippen LogP contribution in [0.15, 0.2) is 24.3 Å². The van der Waals surface area contributed by atoms with Crippen LogP contribution >= 0.6 is 0 Å². The van der Waals surface area contributed by atoms with Crippen molar-refractivity contribution in [1.29, 1.82) is 0 Å². The number of ether oxygens (including phenoxy) is 2. The van der Waals surface area contributed by atoms with Crippen LogP contribution in [-0.4, -0.2) is 27.3 Å². The maximum absolute atomic E-state index is 5.20. The van der Waals surface area contributed by atoms with Crippen molar-refractivity contribution in [2.75, 3.05) is 21.3 Å². The van der Waals surface area contributed by atoms with Crippen molar-refractivity contribution in [2.45, 2.75) is 13.0 Å². The third kappa shape index (κ3) is 3.59. The minimum Gasteiger partial charge on any atom is -0.497 e. The second-order valence-corrected chi connectivity index (χ2v) is 3.58. The number of likely N-dealkylation sites (N-methyl/N-ethyl adjacent to an activating group) is 1. The molecule has 0 aliphatic carbocycles. The standard InChI is InChI=1S/C13H19NO2/c1-10(14-2)5-6-11-7-12(15-3)9-13(8-11)16-4/h5-10,14H,1-4H3/b6-5+. The quantitative estimate of drug-likeness (QED) is 0.827. The Kier molecular flexibility index (Phi) is 4.86. The summed E-state index contributed by atoms with van der Waals surface area (Å²) >= 11 is 0. The molecule has 0 spiro atoms. The van der Waals surface area contributed by atoms with E-state index in [9.17, 15) is 0 Å². The fraction of sp³-hybridized carbons (Fsp3) is 0.385. The summed E-state index contributed by atoms with van der Waals surface area (Å²) in [6.07, 6.45) is 4.14. The lowest BCUT2D eigenvalue weighted by Gasteiger charge is -2.07. The van der Waals surface area contributed by atoms with Crippen molar-refractivity contribution in [3.8, 4) is 11.5 Å². The molecule has 1 aromatic carbocycles. The van der Waals surface area contributed by atoms with Crippen LogP contribution in [0.4, 0.5) is 0 Å². The van der Waals surface area contributed by atoms with Crippen LogP contribution in [0.3, 0.4) is 0 Å². The highest BCUT2D eigenvalue weighted by Gasteiger charge is 1.99. The first-order chi connectivity index (χ1) is 7.69. The van der Waals surface area contributed by atoms with Crippen LogP contribution in [0.5, 0.6) is 11.5 Å². The number of hydrogen-bond donors (Lipinski definition) is 1. The van der Waals surface area contributed by atoms with E-state index in [0.717, 1.165) is 17.1 Å². The highest BCUT2D eigenvalue weighted by molar-refractivity contribution is 5.55. The maximum Gasteiger partial charge on any atom is 0.123 e. The van der Waals surface area contributed by atoms with E-state index in [-0.39, 0.29) is 0 Å². The molecule has 0 saturated heterocycles. The number of rotatable bonds is 5. The maximum atomic E-state index is 5.20. The Bertz CT molecular complexity index is 339. The van der Waals surface area contributed by atoms with Gasteiger partial charge in [-0.1, -0.05) is 12.2 Å². The molecule has 0 radical (unpaired) electrons. The molecule has 1 rings (SSSR count). The van der Waals surface area contributed by atoms with Gasteiger partial charge in [0, 0.05) is 12.1 Å². The second-order valence-electron chi connectivity index (χ2n) is 3.58. The summed E-state index contributed by atoms with van der Waals surface area (Å²) in [5.74, 6) is 1.60. The fourth-order valence-corrected chi connectivity index (χ4v) is 1.28. The van der Waals surface area contributed by atoms with Crippen molar-refractivity contribution in [1.82, 2.24) is 5.32 Å². The van der Waals surface area contributed by atoms with Crippen LogP contribution < -0.4 is 14.8 Å². The first-order valence-electron chi connectivity index (χ1n) is 5.28. The first-order valence-corrected chi connectivity index (χ1v) is 5.28. The molecule has 0 amide bonds. The Labute approximate surface area is 97.1 Å². The molecule has 0 heterocycles. The van der Waals surface area contributed by atoms with Gasteiger partial charge < -0.3 is 14.8 Å². The van der Waals surface area contributed by atoms with Crippen molar-refractivity contribution in [3.63, 3.8) is 0 Å². The van der Waals surface area contributed by atoms with Gasteiger partial charge in [-0.15, -0.1) is 0 Å². The van der Waals surface area contributed by atoms with Crippen LogP contribution in [0, 0.1) is 0 Å². The zero-order valence-corrected chi connectivity index (χ0v) is 10.3. The average Bonchev–Trinajstić information content (AvgIpc) is 2.35. The molecule has 0 aliphatic heterocycles. The third-order valence-electron chi connectivity index (χ3n) is 2.41. The topological polar surface area (TPSA) is 30.5 Å². The van der Waals surface area contributed by atoms with Gasteiger partial charge in [0.2, 0.25) is 0 Å². The summed E-state index contributed by atoms with van der Waals surface area (Å²) in [5.41, 5.74) is 1.07. The van der Waals surface area contributed by atoms with E-state index in [4.69, 9.17) is 9.47 Å². The Morgan fingerprint density at radius 3 is 2.12 bits per heavy atom. The lowest BCUT2D eigenvalue weighted by molar-refractivity contribution is 0.394. The second kappa shape index (κ2) is 6.18. The predicted octanol–water partition coefficient (Wildman–Crippen LogP) is 2.32. The molecule has 16 heavy (non-hydrogen) atoms. The highest BCUT2D eigenvalue weighted by Crippen LogP contribution is 2.23. The molecule has 3 nitrogen and oxygen atoms in total. The molecule has 0 fully saturated rings. The molecule has 0 aliphatic rings. The van der Waals surface area contributed by atoms with Gasteiger partial charge in [0.15, 0.2) is 0 Å². The van der Waals surface area contributed by atoms with Crippen LogP contribution in [0.25, 0.3) is 6.08 Å². The van der Waals surface area contributed by atoms with Gasteiger partial charge in [-0.3, -0.25) is 0 Å². The molecule has 0 bridgehead atoms. The highest BCUT2D eigenvalue weighted by atomic mass is 16.5. The van der Waals surface area contributed by atoms with E-state index in [1.54, 1.807) is 14.2 Å². The minimum atomic E-state index is 0.345. The molecule has 1 atom stereocenters. The summed E-state index contributed by atoms with van der Waals surface area (Å²) in [4.78, 5) is 0. The summed E-state index contributed by atoms with van der Waals surface area (Å²) in [6, 6.07) is 6.15. The summed E-state index contributed by atoms with van der Waals surface area (Å²) in [7, 11) is 5.23. The monoisotopic (exact) mass is 221 g/mol. The van der Waals surface area contributed by atoms with Crippen LogP contribution in [0.2, 0.25) is 0 Å². The Morgan fingerprint density at radius 1 is 1.12 bits per heavy atom. The normalized spacial score (nSPS) is 12.8. The predicted molar refractivity (Wildman–Crippen MR) is 67.1 cm³/mol. The van der Waals surface area contributed by atoms with E-state index in [0.29, 0.717) is 6.04 Å². The molecule has 88 valence electrons. The number of benzene rings is 1. The van der Waals surface area contributed by atoms with E-state index in [1.165, 1.54) is 0 Å². The number of nitrogens with one attached hydrogen (secondary N) is 1. The Balaban J connectivity index is 2.90. The average molecular weight is 221 g/mol. The molecule has 1 N–H and O–H groups in total. The Hall–Kier alpha value is -1.48. The zero-order chi connectivity index (χ0) is 12.0. The molecular formula is C13H19NO2. The molecule has 1 unspecified atom stereocenters. The Morgan fingerprint density at radius 2 is 1.69 bits per heavy atom. The van der Waals surface area contributed by atoms with E-state index >= 15 is 0 Å². The minimum absolute atomic E-state index is 0.345. The van der Waals surface area contributed by atoms with Gasteiger partial charge in [0.25, 0.3) is 0 Å². The zero-order valence-electron chi connectivity index (χ0n) is 10.3. The van der Waals surface area contributed by atoms with Gasteiger partial charge in [0.05, 0.1) is 14.2 Å². The van der Waals surface area contributed by atoms with E-state index in [2.05, 4.69) is 18.3 Å². The van der Waals surface area contributed by atoms with Crippen molar-refractivity contribution < 1.29 is 9.47 Å². The van der Waals surface area contributed by atoms with Gasteiger partial charge in [-0.05, 0) is 31.7 Å². The number of hydrogen-bond acceptors (Lipinski definition) is 3. The summed E-state index contributed by atoms with van der Waals surface area (Å²) in [6.45, 7) is 2.09. The van der Waals surface area contributed by atoms with E-state index < -0.39 is 0 Å². The molecule has 1 aromatic rings. The fourth-order valence-electron chi connectivity index (χ4n) is 1.28. The van der Waals surface area contributed by atoms with E-state index in [1.807, 2.05) is 31.3 Å². The van der Waals surface area contributed by atoms with Gasteiger partial charge >= 0.3 is 0 Å². The van der Waals surface area contributed by atoms with Gasteiger partial charge in [-0.2, -0.15) is 0 Å². The molecule has 0 saturated carbocycles. The van der Waals surface area contributed by atoms with Crippen molar-refractivity contribution in [2.24, 2.45) is 0 Å². The first kappa shape index (κ1) is 12.6. The largest absolute Gasteiger partial charge is 0.497 e. The summed E-state index contributed by atoms with van der Waals surface area (Å²) < 4.78 is 10.4. The van der Waals surface area contributed by atoms with Gasteiger partial charge in [-0.25, -0.2) is 0 Å². The van der Waals surface area contributed by atoms with Crippen molar-refractivity contribution >= 4 is 6.08 Å². The lowest BCUT2D eigenvalue weighted by atomic mass is 10.1.